The van der Waals surface area contributed by atoms with Gasteiger partial charge in [-0.25, -0.2) is 4.39 Å². The maximum atomic E-state index is 13.1. The minimum absolute atomic E-state index is 0.0400. The highest BCUT2D eigenvalue weighted by molar-refractivity contribution is 5.25. The topological polar surface area (TPSA) is 26.0 Å². The Hall–Kier alpha value is -0.890. The Morgan fingerprint density at radius 3 is 2.40 bits per heavy atom. The molecular weight excluding hydrogens is 189 g/mol. The van der Waals surface area contributed by atoms with E-state index in [-0.39, 0.29) is 11.9 Å². The van der Waals surface area contributed by atoms with Crippen molar-refractivity contribution in [3.8, 4) is 0 Å². The van der Waals surface area contributed by atoms with E-state index in [1.54, 1.807) is 0 Å². The van der Waals surface area contributed by atoms with Gasteiger partial charge in [-0.05, 0) is 48.9 Å². The van der Waals surface area contributed by atoms with Gasteiger partial charge < -0.3 is 5.73 Å². The first-order chi connectivity index (χ1) is 6.99. The molecule has 0 aliphatic heterocycles. The van der Waals surface area contributed by atoms with Crippen molar-refractivity contribution in [3.63, 3.8) is 0 Å². The third-order valence-corrected chi connectivity index (χ3v) is 2.55. The van der Waals surface area contributed by atoms with E-state index in [4.69, 9.17) is 5.73 Å². The second-order valence-electron chi connectivity index (χ2n) is 4.64. The minimum Gasteiger partial charge on any atom is -0.324 e. The van der Waals surface area contributed by atoms with E-state index >= 15 is 0 Å². The lowest BCUT2D eigenvalue weighted by Crippen LogP contribution is -2.11. The molecule has 1 nitrogen and oxygen atoms in total. The summed E-state index contributed by atoms with van der Waals surface area (Å²) in [4.78, 5) is 0. The van der Waals surface area contributed by atoms with Crippen LogP contribution in [0.5, 0.6) is 0 Å². The van der Waals surface area contributed by atoms with E-state index in [0.717, 1.165) is 24.0 Å². The molecule has 2 N–H and O–H groups in total. The molecule has 0 aromatic heterocycles. The van der Waals surface area contributed by atoms with Crippen molar-refractivity contribution >= 4 is 0 Å². The zero-order valence-corrected chi connectivity index (χ0v) is 9.76. The average molecular weight is 209 g/mol. The molecule has 1 rings (SSSR count). The van der Waals surface area contributed by atoms with Crippen molar-refractivity contribution < 1.29 is 4.39 Å². The van der Waals surface area contributed by atoms with Crippen LogP contribution in [0.25, 0.3) is 0 Å². The van der Waals surface area contributed by atoms with Crippen LogP contribution in [0.1, 0.15) is 43.9 Å². The van der Waals surface area contributed by atoms with Gasteiger partial charge in [-0.1, -0.05) is 19.9 Å². The van der Waals surface area contributed by atoms with E-state index < -0.39 is 0 Å². The molecule has 0 bridgehead atoms. The van der Waals surface area contributed by atoms with Crippen LogP contribution in [0, 0.1) is 18.7 Å². The summed E-state index contributed by atoms with van der Waals surface area (Å²) in [6, 6.07) is 4.99. The van der Waals surface area contributed by atoms with Gasteiger partial charge in [0, 0.05) is 6.04 Å². The summed E-state index contributed by atoms with van der Waals surface area (Å²) in [6.45, 7) is 6.23. The molecule has 1 atom stereocenters. The number of halogens is 1. The number of hydrogen-bond acceptors (Lipinski definition) is 1. The summed E-state index contributed by atoms with van der Waals surface area (Å²) in [7, 11) is 0. The average Bonchev–Trinajstić information content (AvgIpc) is 2.12. The van der Waals surface area contributed by atoms with Crippen molar-refractivity contribution in [2.45, 2.75) is 39.7 Å². The Morgan fingerprint density at radius 1 is 1.20 bits per heavy atom. The van der Waals surface area contributed by atoms with Crippen molar-refractivity contribution in [2.75, 3.05) is 0 Å². The first kappa shape index (κ1) is 12.2. The quantitative estimate of drug-likeness (QED) is 0.806. The molecule has 84 valence electrons. The van der Waals surface area contributed by atoms with Gasteiger partial charge in [0.25, 0.3) is 0 Å². The van der Waals surface area contributed by atoms with Gasteiger partial charge in [-0.3, -0.25) is 0 Å². The Balaban J connectivity index is 2.68. The lowest BCUT2D eigenvalue weighted by molar-refractivity contribution is 0.505. The number of benzene rings is 1. The third kappa shape index (κ3) is 4.00. The minimum atomic E-state index is -0.190. The van der Waals surface area contributed by atoms with Gasteiger partial charge in [-0.15, -0.1) is 0 Å². The summed E-state index contributed by atoms with van der Waals surface area (Å²) in [6.07, 6.45) is 2.00. The van der Waals surface area contributed by atoms with Crippen LogP contribution in [-0.2, 0) is 0 Å². The monoisotopic (exact) mass is 209 g/mol. The highest BCUT2D eigenvalue weighted by Crippen LogP contribution is 2.20. The van der Waals surface area contributed by atoms with Crippen LogP contribution in [0.3, 0.4) is 0 Å². The van der Waals surface area contributed by atoms with Crippen LogP contribution in [0.4, 0.5) is 4.39 Å². The van der Waals surface area contributed by atoms with Crippen LogP contribution in [0.2, 0.25) is 0 Å². The Bertz CT molecular complexity index is 300. The normalized spacial score (nSPS) is 13.2. The molecule has 1 aromatic rings. The van der Waals surface area contributed by atoms with Crippen molar-refractivity contribution in [2.24, 2.45) is 11.7 Å². The van der Waals surface area contributed by atoms with E-state index in [1.165, 1.54) is 12.1 Å². The summed E-state index contributed by atoms with van der Waals surface area (Å²) >= 11 is 0. The lowest BCUT2D eigenvalue weighted by atomic mass is 9.97. The molecule has 0 aliphatic carbocycles. The highest BCUT2D eigenvalue weighted by Gasteiger charge is 2.08. The molecule has 0 saturated carbocycles. The van der Waals surface area contributed by atoms with Crippen LogP contribution in [-0.4, -0.2) is 0 Å². The molecule has 1 unspecified atom stereocenters. The molecule has 0 fully saturated rings. The van der Waals surface area contributed by atoms with Crippen LogP contribution >= 0.6 is 0 Å². The number of hydrogen-bond donors (Lipinski definition) is 1. The molecular formula is C13H20FN. The SMILES string of the molecule is Cc1cc(F)cc(C(N)CCC(C)C)c1. The van der Waals surface area contributed by atoms with Crippen LogP contribution < -0.4 is 5.73 Å². The van der Waals surface area contributed by atoms with E-state index in [2.05, 4.69) is 13.8 Å². The zero-order valence-electron chi connectivity index (χ0n) is 9.76. The fraction of sp³-hybridized carbons (Fsp3) is 0.538. The van der Waals surface area contributed by atoms with Crippen molar-refractivity contribution in [1.82, 2.24) is 0 Å². The van der Waals surface area contributed by atoms with Crippen molar-refractivity contribution in [3.05, 3.63) is 35.1 Å². The van der Waals surface area contributed by atoms with E-state index in [1.807, 2.05) is 13.0 Å². The maximum Gasteiger partial charge on any atom is 0.123 e. The molecule has 15 heavy (non-hydrogen) atoms. The molecule has 0 spiro atoms. The van der Waals surface area contributed by atoms with Gasteiger partial charge in [-0.2, -0.15) is 0 Å². The number of nitrogens with two attached hydrogens (primary N) is 1. The van der Waals surface area contributed by atoms with Gasteiger partial charge in [0.2, 0.25) is 0 Å². The number of aryl methyl sites for hydroxylation is 1. The second kappa shape index (κ2) is 5.26. The molecule has 2 heteroatoms. The predicted octanol–water partition coefficient (Wildman–Crippen LogP) is 3.57. The molecule has 0 heterocycles. The molecule has 0 saturated heterocycles. The molecule has 0 amide bonds. The number of rotatable bonds is 4. The predicted molar refractivity (Wildman–Crippen MR) is 62.1 cm³/mol. The maximum absolute atomic E-state index is 13.1. The van der Waals surface area contributed by atoms with Gasteiger partial charge in [0.1, 0.15) is 5.82 Å². The Morgan fingerprint density at radius 2 is 1.87 bits per heavy atom. The fourth-order valence-electron chi connectivity index (χ4n) is 1.66. The smallest absolute Gasteiger partial charge is 0.123 e. The standard InChI is InChI=1S/C13H20FN/c1-9(2)4-5-13(15)11-6-10(3)7-12(14)8-11/h6-9,13H,4-5,15H2,1-3H3. The van der Waals surface area contributed by atoms with Gasteiger partial charge in [0.15, 0.2) is 0 Å². The summed E-state index contributed by atoms with van der Waals surface area (Å²) in [5, 5.41) is 0. The fourth-order valence-corrected chi connectivity index (χ4v) is 1.66. The Labute approximate surface area is 91.5 Å². The van der Waals surface area contributed by atoms with Gasteiger partial charge >= 0.3 is 0 Å². The van der Waals surface area contributed by atoms with Crippen LogP contribution in [0.15, 0.2) is 18.2 Å². The molecule has 0 aliphatic rings. The summed E-state index contributed by atoms with van der Waals surface area (Å²) in [5.74, 6) is 0.454. The Kier molecular flexibility index (Phi) is 4.28. The largest absolute Gasteiger partial charge is 0.324 e. The van der Waals surface area contributed by atoms with E-state index in [0.29, 0.717) is 5.92 Å². The summed E-state index contributed by atoms with van der Waals surface area (Å²) in [5.41, 5.74) is 7.86. The van der Waals surface area contributed by atoms with Gasteiger partial charge in [0.05, 0.1) is 0 Å². The van der Waals surface area contributed by atoms with E-state index in [9.17, 15) is 4.39 Å². The zero-order chi connectivity index (χ0) is 11.4. The molecule has 1 aromatic carbocycles. The molecule has 0 radical (unpaired) electrons. The second-order valence-corrected chi connectivity index (χ2v) is 4.64. The first-order valence-electron chi connectivity index (χ1n) is 5.51. The first-order valence-corrected chi connectivity index (χ1v) is 5.51. The highest BCUT2D eigenvalue weighted by atomic mass is 19.1. The third-order valence-electron chi connectivity index (χ3n) is 2.55. The summed E-state index contributed by atoms with van der Waals surface area (Å²) < 4.78 is 13.1. The lowest BCUT2D eigenvalue weighted by Gasteiger charge is -2.14. The van der Waals surface area contributed by atoms with Crippen molar-refractivity contribution in [1.29, 1.82) is 0 Å².